The summed E-state index contributed by atoms with van der Waals surface area (Å²) >= 11 is 10.2. The highest BCUT2D eigenvalue weighted by atomic mass is 79.9. The molecule has 0 spiro atoms. The Morgan fingerprint density at radius 3 is 2.89 bits per heavy atom. The van der Waals surface area contributed by atoms with Crippen molar-refractivity contribution in [1.82, 2.24) is 4.72 Å². The van der Waals surface area contributed by atoms with E-state index >= 15 is 0 Å². The first-order valence-corrected chi connectivity index (χ1v) is 8.94. The SMILES string of the molecule is CC1CC(NS(=O)(=O)c2cc(Cl)c(Br)s2)CCO1. The molecule has 4 nitrogen and oxygen atoms in total. The Morgan fingerprint density at radius 2 is 2.33 bits per heavy atom. The first-order chi connectivity index (χ1) is 8.38. The lowest BCUT2D eigenvalue weighted by Crippen LogP contribution is -2.40. The predicted octanol–water partition coefficient (Wildman–Crippen LogP) is 3.01. The number of halogens is 2. The fraction of sp³-hybridized carbons (Fsp3) is 0.600. The minimum absolute atomic E-state index is 0.0709. The van der Waals surface area contributed by atoms with Crippen LogP contribution in [0.2, 0.25) is 5.02 Å². The van der Waals surface area contributed by atoms with Gasteiger partial charge in [-0.15, -0.1) is 11.3 Å². The Morgan fingerprint density at radius 1 is 1.61 bits per heavy atom. The predicted molar refractivity (Wildman–Crippen MR) is 75.8 cm³/mol. The van der Waals surface area contributed by atoms with E-state index in [2.05, 4.69) is 20.7 Å². The maximum absolute atomic E-state index is 12.2. The second-order valence-corrected chi connectivity index (χ2v) is 8.93. The van der Waals surface area contributed by atoms with Crippen molar-refractivity contribution in [3.05, 3.63) is 14.9 Å². The van der Waals surface area contributed by atoms with Gasteiger partial charge in [0.1, 0.15) is 4.21 Å². The first kappa shape index (κ1) is 14.7. The van der Waals surface area contributed by atoms with Crippen molar-refractivity contribution in [2.75, 3.05) is 6.61 Å². The Bertz CT molecular complexity index is 512. The molecule has 18 heavy (non-hydrogen) atoms. The van der Waals surface area contributed by atoms with E-state index < -0.39 is 10.0 Å². The largest absolute Gasteiger partial charge is 0.378 e. The highest BCUT2D eigenvalue weighted by Gasteiger charge is 2.26. The smallest absolute Gasteiger partial charge is 0.250 e. The number of ether oxygens (including phenoxy) is 1. The molecule has 102 valence electrons. The van der Waals surface area contributed by atoms with E-state index in [-0.39, 0.29) is 16.4 Å². The van der Waals surface area contributed by atoms with Crippen LogP contribution in [0, 0.1) is 0 Å². The van der Waals surface area contributed by atoms with Crippen molar-refractivity contribution in [3.63, 3.8) is 0 Å². The van der Waals surface area contributed by atoms with E-state index in [1.807, 2.05) is 6.92 Å². The molecule has 0 saturated carbocycles. The zero-order chi connectivity index (χ0) is 13.3. The molecule has 8 heteroatoms. The maximum Gasteiger partial charge on any atom is 0.250 e. The van der Waals surface area contributed by atoms with Crippen LogP contribution < -0.4 is 4.72 Å². The minimum atomic E-state index is -3.49. The van der Waals surface area contributed by atoms with Crippen LogP contribution in [0.3, 0.4) is 0 Å². The summed E-state index contributed by atoms with van der Waals surface area (Å²) in [4.78, 5) is 0. The van der Waals surface area contributed by atoms with Crippen LogP contribution in [0.4, 0.5) is 0 Å². The normalized spacial score (nSPS) is 25.3. The van der Waals surface area contributed by atoms with Crippen LogP contribution in [0.15, 0.2) is 14.1 Å². The van der Waals surface area contributed by atoms with Gasteiger partial charge in [-0.3, -0.25) is 0 Å². The maximum atomic E-state index is 12.2. The monoisotopic (exact) mass is 373 g/mol. The summed E-state index contributed by atoms with van der Waals surface area (Å²) in [6, 6.07) is 1.39. The molecular formula is C10H13BrClNO3S2. The van der Waals surface area contributed by atoms with E-state index in [0.29, 0.717) is 28.3 Å². The molecular weight excluding hydrogens is 362 g/mol. The second-order valence-electron chi connectivity index (χ2n) is 4.21. The number of hydrogen-bond donors (Lipinski definition) is 1. The molecule has 1 saturated heterocycles. The van der Waals surface area contributed by atoms with Crippen LogP contribution in [-0.4, -0.2) is 27.2 Å². The van der Waals surface area contributed by atoms with Crippen molar-refractivity contribution < 1.29 is 13.2 Å². The van der Waals surface area contributed by atoms with Gasteiger partial charge in [0.15, 0.2) is 0 Å². The van der Waals surface area contributed by atoms with E-state index in [9.17, 15) is 8.42 Å². The molecule has 0 amide bonds. The molecule has 0 radical (unpaired) electrons. The third-order valence-electron chi connectivity index (χ3n) is 2.69. The van der Waals surface area contributed by atoms with Crippen molar-refractivity contribution in [2.45, 2.75) is 36.1 Å². The quantitative estimate of drug-likeness (QED) is 0.885. The number of rotatable bonds is 3. The van der Waals surface area contributed by atoms with Crippen molar-refractivity contribution in [3.8, 4) is 0 Å². The number of hydrogen-bond acceptors (Lipinski definition) is 4. The van der Waals surface area contributed by atoms with E-state index in [1.165, 1.54) is 6.07 Å². The molecule has 1 fully saturated rings. The fourth-order valence-electron chi connectivity index (χ4n) is 1.84. The van der Waals surface area contributed by atoms with Gasteiger partial charge >= 0.3 is 0 Å². The molecule has 1 aliphatic rings. The average Bonchev–Trinajstić information content (AvgIpc) is 2.59. The van der Waals surface area contributed by atoms with Crippen molar-refractivity contribution in [2.24, 2.45) is 0 Å². The summed E-state index contributed by atoms with van der Waals surface area (Å²) in [5, 5.41) is 0.417. The molecule has 0 aromatic carbocycles. The Kier molecular flexibility index (Phi) is 4.72. The van der Waals surface area contributed by atoms with Crippen molar-refractivity contribution in [1.29, 1.82) is 0 Å². The Hall–Kier alpha value is 0.340. The molecule has 2 rings (SSSR count). The minimum Gasteiger partial charge on any atom is -0.378 e. The number of sulfonamides is 1. The molecule has 0 bridgehead atoms. The topological polar surface area (TPSA) is 55.4 Å². The van der Waals surface area contributed by atoms with E-state index in [0.717, 1.165) is 11.3 Å². The van der Waals surface area contributed by atoms with E-state index in [1.54, 1.807) is 0 Å². The lowest BCUT2D eigenvalue weighted by Gasteiger charge is -2.27. The molecule has 1 aromatic heterocycles. The molecule has 1 aliphatic heterocycles. The standard InChI is InChI=1S/C10H13BrClNO3S2/c1-6-4-7(2-3-16-6)13-18(14,15)9-5-8(12)10(11)17-9/h5-7,13H,2-4H2,1H3. The molecule has 1 N–H and O–H groups in total. The molecule has 2 heterocycles. The highest BCUT2D eigenvalue weighted by molar-refractivity contribution is 9.11. The lowest BCUT2D eigenvalue weighted by molar-refractivity contribution is 0.0173. The summed E-state index contributed by atoms with van der Waals surface area (Å²) in [6.45, 7) is 2.53. The van der Waals surface area contributed by atoms with Gasteiger partial charge in [-0.2, -0.15) is 0 Å². The van der Waals surface area contributed by atoms with Gasteiger partial charge in [0.2, 0.25) is 10.0 Å². The zero-order valence-corrected chi connectivity index (χ0v) is 13.6. The van der Waals surface area contributed by atoms with E-state index in [4.69, 9.17) is 16.3 Å². The van der Waals surface area contributed by atoms with Crippen LogP contribution in [0.5, 0.6) is 0 Å². The van der Waals surface area contributed by atoms with Crippen LogP contribution in [0.1, 0.15) is 19.8 Å². The third kappa shape index (κ3) is 3.46. The molecule has 2 atom stereocenters. The van der Waals surface area contributed by atoms with Gasteiger partial charge in [0.25, 0.3) is 0 Å². The number of thiophene rings is 1. The average molecular weight is 375 g/mol. The summed E-state index contributed by atoms with van der Waals surface area (Å²) in [7, 11) is -3.49. The van der Waals surface area contributed by atoms with Crippen molar-refractivity contribution >= 4 is 48.9 Å². The molecule has 1 aromatic rings. The summed E-state index contributed by atoms with van der Waals surface area (Å²) in [5.41, 5.74) is 0. The zero-order valence-electron chi connectivity index (χ0n) is 9.65. The van der Waals surface area contributed by atoms with Gasteiger partial charge in [0.05, 0.1) is 14.9 Å². The van der Waals surface area contributed by atoms with Crippen LogP contribution in [-0.2, 0) is 14.8 Å². The number of nitrogens with one attached hydrogen (secondary N) is 1. The highest BCUT2D eigenvalue weighted by Crippen LogP contribution is 2.34. The first-order valence-electron chi connectivity index (χ1n) is 5.47. The third-order valence-corrected chi connectivity index (χ3v) is 7.16. The van der Waals surface area contributed by atoms with Gasteiger partial charge in [-0.1, -0.05) is 11.6 Å². The van der Waals surface area contributed by atoms with Crippen LogP contribution >= 0.6 is 38.9 Å². The van der Waals surface area contributed by atoms with Gasteiger partial charge in [-0.05, 0) is 41.8 Å². The second kappa shape index (κ2) is 5.76. The summed E-state index contributed by atoms with van der Waals surface area (Å²) in [5.74, 6) is 0. The molecule has 2 unspecified atom stereocenters. The summed E-state index contributed by atoms with van der Waals surface area (Å²) in [6.07, 6.45) is 1.48. The van der Waals surface area contributed by atoms with Gasteiger partial charge in [0, 0.05) is 12.6 Å². The fourth-order valence-corrected chi connectivity index (χ4v) is 5.54. The lowest BCUT2D eigenvalue weighted by atomic mass is 10.1. The van der Waals surface area contributed by atoms with Gasteiger partial charge in [-0.25, -0.2) is 13.1 Å². The van der Waals surface area contributed by atoms with Crippen LogP contribution in [0.25, 0.3) is 0 Å². The summed E-state index contributed by atoms with van der Waals surface area (Å²) < 4.78 is 33.3. The van der Waals surface area contributed by atoms with Gasteiger partial charge < -0.3 is 4.74 Å². The Balaban J connectivity index is 2.12. The molecule has 0 aliphatic carbocycles. The Labute approximate surface area is 124 Å².